The lowest BCUT2D eigenvalue weighted by atomic mass is 9.80. The monoisotopic (exact) mass is 463 g/mol. The van der Waals surface area contributed by atoms with Gasteiger partial charge >= 0.3 is 6.18 Å². The Morgan fingerprint density at radius 1 is 1.12 bits per heavy atom. The van der Waals surface area contributed by atoms with Gasteiger partial charge in [-0.3, -0.25) is 14.5 Å². The molecule has 178 valence electrons. The zero-order chi connectivity index (χ0) is 24.1. The van der Waals surface area contributed by atoms with Gasteiger partial charge in [-0.1, -0.05) is 12.1 Å². The number of rotatable bonds is 3. The van der Waals surface area contributed by atoms with Crippen molar-refractivity contribution >= 4 is 11.7 Å². The molecular weight excluding hydrogens is 435 g/mol. The Hall–Kier alpha value is -2.81. The van der Waals surface area contributed by atoms with Crippen molar-refractivity contribution in [2.24, 2.45) is 0 Å². The lowest BCUT2D eigenvalue weighted by molar-refractivity contribution is -0.0894. The number of piperidine rings is 1. The average Bonchev–Trinajstić information content (AvgIpc) is 3.20. The normalized spacial score (nSPS) is 20.6. The first-order valence-corrected chi connectivity index (χ1v) is 11.0. The first-order chi connectivity index (χ1) is 15.5. The van der Waals surface area contributed by atoms with Gasteiger partial charge in [-0.05, 0) is 57.5 Å². The summed E-state index contributed by atoms with van der Waals surface area (Å²) in [4.78, 5) is 29.2. The zero-order valence-electron chi connectivity index (χ0n) is 19.2. The van der Waals surface area contributed by atoms with Crippen molar-refractivity contribution in [3.63, 3.8) is 0 Å². The lowest BCUT2D eigenvalue weighted by Crippen LogP contribution is -2.59. The number of methoxy groups -OCH3 is 1. The molecule has 1 saturated heterocycles. The van der Waals surface area contributed by atoms with Crippen LogP contribution in [0, 0.1) is 6.92 Å². The molecule has 1 amide bonds. The van der Waals surface area contributed by atoms with Crippen LogP contribution in [-0.4, -0.2) is 65.5 Å². The van der Waals surface area contributed by atoms with E-state index in [2.05, 4.69) is 4.90 Å². The third-order valence-corrected chi connectivity index (χ3v) is 7.25. The number of likely N-dealkylation sites (N-methyl/N-ethyl adjacent to an activating group) is 1. The number of alkyl halides is 3. The van der Waals surface area contributed by atoms with Gasteiger partial charge in [0.2, 0.25) is 0 Å². The second-order valence-electron chi connectivity index (χ2n) is 8.98. The topological polar surface area (TPSA) is 54.8 Å². The van der Waals surface area contributed by atoms with Crippen LogP contribution >= 0.6 is 0 Å². The summed E-state index contributed by atoms with van der Waals surface area (Å²) in [6.45, 7) is 5.02. The van der Waals surface area contributed by atoms with E-state index in [4.69, 9.17) is 4.74 Å². The molecule has 33 heavy (non-hydrogen) atoms. The number of fused-ring (bicyclic) bond motifs is 2. The number of halogens is 3. The molecule has 3 heterocycles. The molecule has 2 aliphatic rings. The summed E-state index contributed by atoms with van der Waals surface area (Å²) in [5, 5.41) is 0. The summed E-state index contributed by atoms with van der Waals surface area (Å²) in [6, 6.07) is 8.31. The van der Waals surface area contributed by atoms with E-state index in [9.17, 15) is 22.8 Å². The molecular formula is C24H28F3N3O3. The van der Waals surface area contributed by atoms with Gasteiger partial charge in [0, 0.05) is 31.4 Å². The van der Waals surface area contributed by atoms with Crippen LogP contribution in [-0.2, 0) is 12.1 Å². The molecule has 2 aliphatic heterocycles. The van der Waals surface area contributed by atoms with E-state index in [1.54, 1.807) is 17.0 Å². The van der Waals surface area contributed by atoms with Gasteiger partial charge in [0.1, 0.15) is 5.75 Å². The Labute approximate surface area is 190 Å². The van der Waals surface area contributed by atoms with E-state index >= 15 is 0 Å². The van der Waals surface area contributed by atoms with E-state index in [0.717, 1.165) is 5.56 Å². The molecule has 0 saturated carbocycles. The van der Waals surface area contributed by atoms with Crippen molar-refractivity contribution in [2.45, 2.75) is 51.0 Å². The van der Waals surface area contributed by atoms with Crippen molar-refractivity contribution in [2.75, 3.05) is 27.2 Å². The van der Waals surface area contributed by atoms with Crippen molar-refractivity contribution < 1.29 is 27.5 Å². The van der Waals surface area contributed by atoms with Crippen LogP contribution in [0.2, 0.25) is 0 Å². The summed E-state index contributed by atoms with van der Waals surface area (Å²) in [7, 11) is 3.50. The van der Waals surface area contributed by atoms with E-state index in [-0.39, 0.29) is 17.6 Å². The number of ketones is 1. The van der Waals surface area contributed by atoms with Gasteiger partial charge in [0.25, 0.3) is 11.7 Å². The number of Topliss-reactive ketones (excluding diaryl/α,β-unsaturated/α-hetero) is 1. The molecule has 1 aromatic heterocycles. The molecule has 0 aliphatic carbocycles. The van der Waals surface area contributed by atoms with Gasteiger partial charge in [-0.2, -0.15) is 13.2 Å². The van der Waals surface area contributed by atoms with Gasteiger partial charge in [0.05, 0.1) is 23.9 Å². The second-order valence-corrected chi connectivity index (χ2v) is 8.98. The lowest BCUT2D eigenvalue weighted by Gasteiger charge is -2.53. The first-order valence-electron chi connectivity index (χ1n) is 11.0. The fourth-order valence-corrected chi connectivity index (χ4v) is 5.35. The molecule has 1 spiro atoms. The van der Waals surface area contributed by atoms with E-state index in [1.807, 2.05) is 33.0 Å². The number of carbonyl (C=O) groups is 2. The van der Waals surface area contributed by atoms with Crippen LogP contribution in [0.25, 0.3) is 0 Å². The zero-order valence-corrected chi connectivity index (χ0v) is 19.2. The second kappa shape index (κ2) is 8.20. The van der Waals surface area contributed by atoms with Crippen LogP contribution in [0.4, 0.5) is 13.2 Å². The summed E-state index contributed by atoms with van der Waals surface area (Å²) in [6.07, 6.45) is -3.81. The molecule has 1 aromatic carbocycles. The molecule has 0 bridgehead atoms. The summed E-state index contributed by atoms with van der Waals surface area (Å²) >= 11 is 0. The van der Waals surface area contributed by atoms with Gasteiger partial charge in [0.15, 0.2) is 0 Å². The Bertz CT molecular complexity index is 1080. The average molecular weight is 464 g/mol. The standard InChI is InChI=1S/C24H28F3N3O3/c1-15-6-5-7-17(20(15)33-4)22(32)29-12-10-23(11-13-29)19-9-8-18(21(31)24(25,26)27)30(19)14-16(2)28(23)3/h5-9,16H,10-14H2,1-4H3/t16-/m0/s1. The predicted molar refractivity (Wildman–Crippen MR) is 117 cm³/mol. The number of nitrogens with zero attached hydrogens (tertiary/aromatic N) is 3. The quantitative estimate of drug-likeness (QED) is 0.646. The highest BCUT2D eigenvalue weighted by Crippen LogP contribution is 2.44. The van der Waals surface area contributed by atoms with Crippen molar-refractivity contribution in [1.29, 1.82) is 0 Å². The number of benzene rings is 1. The van der Waals surface area contributed by atoms with E-state index < -0.39 is 17.5 Å². The highest BCUT2D eigenvalue weighted by atomic mass is 19.4. The Balaban J connectivity index is 1.63. The molecule has 1 fully saturated rings. The molecule has 0 N–H and O–H groups in total. The number of aryl methyl sites for hydroxylation is 1. The fourth-order valence-electron chi connectivity index (χ4n) is 5.35. The fraction of sp³-hybridized carbons (Fsp3) is 0.500. The molecule has 9 heteroatoms. The van der Waals surface area contributed by atoms with Gasteiger partial charge < -0.3 is 14.2 Å². The summed E-state index contributed by atoms with van der Waals surface area (Å²) in [5.74, 6) is -1.39. The minimum atomic E-state index is -4.92. The number of ether oxygens (including phenoxy) is 1. The van der Waals surface area contributed by atoms with E-state index in [1.165, 1.54) is 17.7 Å². The van der Waals surface area contributed by atoms with Crippen LogP contribution in [0.15, 0.2) is 30.3 Å². The maximum atomic E-state index is 13.3. The number of carbonyl (C=O) groups excluding carboxylic acids is 2. The molecule has 0 radical (unpaired) electrons. The van der Waals surface area contributed by atoms with Gasteiger partial charge in [-0.25, -0.2) is 0 Å². The Morgan fingerprint density at radius 3 is 2.39 bits per heavy atom. The minimum Gasteiger partial charge on any atom is -0.496 e. The van der Waals surface area contributed by atoms with Crippen molar-refractivity contribution in [3.05, 3.63) is 52.8 Å². The number of para-hydroxylation sites is 1. The third kappa shape index (κ3) is 3.72. The Morgan fingerprint density at radius 2 is 1.79 bits per heavy atom. The molecule has 1 atom stereocenters. The number of aromatic nitrogens is 1. The van der Waals surface area contributed by atoms with Crippen LogP contribution in [0.5, 0.6) is 5.75 Å². The largest absolute Gasteiger partial charge is 0.496 e. The Kier molecular flexibility index (Phi) is 5.80. The molecule has 0 unspecified atom stereocenters. The number of amides is 1. The van der Waals surface area contributed by atoms with Crippen LogP contribution in [0.3, 0.4) is 0 Å². The van der Waals surface area contributed by atoms with Crippen LogP contribution in [0.1, 0.15) is 51.9 Å². The SMILES string of the molecule is COc1c(C)cccc1C(=O)N1CCC2(CC1)c1ccc(C(=O)C(F)(F)F)n1C[C@H](C)N2C. The summed E-state index contributed by atoms with van der Waals surface area (Å²) < 4.78 is 46.4. The highest BCUT2D eigenvalue weighted by Gasteiger charge is 2.49. The first kappa shape index (κ1) is 23.4. The maximum Gasteiger partial charge on any atom is 0.456 e. The highest BCUT2D eigenvalue weighted by molar-refractivity contribution is 5.99. The molecule has 6 nitrogen and oxygen atoms in total. The smallest absolute Gasteiger partial charge is 0.456 e. The van der Waals surface area contributed by atoms with Crippen LogP contribution < -0.4 is 4.74 Å². The van der Waals surface area contributed by atoms with Crippen molar-refractivity contribution in [1.82, 2.24) is 14.4 Å². The number of hydrogen-bond donors (Lipinski definition) is 0. The van der Waals surface area contributed by atoms with Crippen molar-refractivity contribution in [3.8, 4) is 5.75 Å². The number of hydrogen-bond acceptors (Lipinski definition) is 4. The van der Waals surface area contributed by atoms with E-state index in [0.29, 0.717) is 49.5 Å². The molecule has 2 aromatic rings. The molecule has 4 rings (SSSR count). The minimum absolute atomic E-state index is 0.0659. The predicted octanol–water partition coefficient (Wildman–Crippen LogP) is 4.02. The maximum absolute atomic E-state index is 13.3. The summed E-state index contributed by atoms with van der Waals surface area (Å²) in [5.41, 5.74) is 1.21. The van der Waals surface area contributed by atoms with Gasteiger partial charge in [-0.15, -0.1) is 0 Å². The number of likely N-dealkylation sites (tertiary alicyclic amines) is 1. The third-order valence-electron chi connectivity index (χ3n) is 7.25.